The number of carboxylic acids is 2. The number of hydrogen-bond acceptors (Lipinski definition) is 6. The number of nitrogens with zero attached hydrogens (tertiary/aromatic N) is 1. The lowest BCUT2D eigenvalue weighted by atomic mass is 10.1. The molecule has 1 aliphatic rings. The second-order valence-corrected chi connectivity index (χ2v) is 5.95. The third-order valence-corrected chi connectivity index (χ3v) is 3.95. The Kier molecular flexibility index (Phi) is 7.97. The minimum Gasteiger partial charge on any atom is -0.481 e. The molecule has 26 heavy (non-hydrogen) atoms. The van der Waals surface area contributed by atoms with Crippen LogP contribution in [0.2, 0.25) is 0 Å². The topological polar surface area (TPSA) is 173 Å². The van der Waals surface area contributed by atoms with Gasteiger partial charge in [-0.3, -0.25) is 19.2 Å². The van der Waals surface area contributed by atoms with Gasteiger partial charge in [0.15, 0.2) is 0 Å². The van der Waals surface area contributed by atoms with Gasteiger partial charge in [-0.2, -0.15) is 0 Å². The van der Waals surface area contributed by atoms with E-state index in [0.717, 1.165) is 0 Å². The molecule has 0 aromatic heterocycles. The van der Waals surface area contributed by atoms with Gasteiger partial charge in [0.25, 0.3) is 0 Å². The second-order valence-electron chi connectivity index (χ2n) is 5.95. The number of hydrogen-bond donors (Lipinski definition) is 5. The van der Waals surface area contributed by atoms with Gasteiger partial charge in [0.05, 0.1) is 13.0 Å². The lowest BCUT2D eigenvalue weighted by Gasteiger charge is -2.27. The predicted octanol–water partition coefficient (Wildman–Crippen LogP) is -2.09. The maximum absolute atomic E-state index is 12.5. The molecule has 0 spiro atoms. The largest absolute Gasteiger partial charge is 0.481 e. The molecule has 5 N–H and O–H groups in total. The Morgan fingerprint density at radius 3 is 2.31 bits per heavy atom. The summed E-state index contributed by atoms with van der Waals surface area (Å²) in [5.74, 6) is -4.34. The first-order valence-corrected chi connectivity index (χ1v) is 8.13. The van der Waals surface area contributed by atoms with Crippen molar-refractivity contribution in [3.63, 3.8) is 0 Å². The second kappa shape index (κ2) is 9.70. The van der Waals surface area contributed by atoms with E-state index >= 15 is 0 Å². The van der Waals surface area contributed by atoms with Crippen LogP contribution in [0.4, 0.5) is 0 Å². The van der Waals surface area contributed by atoms with E-state index in [4.69, 9.17) is 15.3 Å². The molecule has 11 nitrogen and oxygen atoms in total. The van der Waals surface area contributed by atoms with Crippen LogP contribution < -0.4 is 10.6 Å². The zero-order valence-electron chi connectivity index (χ0n) is 14.3. The number of carboxylic acid groups (broad SMARTS) is 2. The minimum atomic E-state index is -1.46. The lowest BCUT2D eigenvalue weighted by molar-refractivity contribution is -0.145. The van der Waals surface area contributed by atoms with Gasteiger partial charge in [-0.05, 0) is 19.8 Å². The highest BCUT2D eigenvalue weighted by molar-refractivity contribution is 5.94. The van der Waals surface area contributed by atoms with Crippen molar-refractivity contribution in [2.45, 2.75) is 50.7 Å². The van der Waals surface area contributed by atoms with Crippen molar-refractivity contribution in [1.82, 2.24) is 15.5 Å². The molecule has 1 rings (SSSR count). The van der Waals surface area contributed by atoms with Gasteiger partial charge in [-0.15, -0.1) is 0 Å². The molecular formula is C15H23N3O8. The number of rotatable bonds is 9. The molecular weight excluding hydrogens is 350 g/mol. The third kappa shape index (κ3) is 5.99. The summed E-state index contributed by atoms with van der Waals surface area (Å²) >= 11 is 0. The van der Waals surface area contributed by atoms with Crippen molar-refractivity contribution in [3.8, 4) is 0 Å². The first-order chi connectivity index (χ1) is 12.2. The van der Waals surface area contributed by atoms with Gasteiger partial charge >= 0.3 is 11.9 Å². The van der Waals surface area contributed by atoms with Crippen molar-refractivity contribution in [3.05, 3.63) is 0 Å². The standard InChI is InChI=1S/C15H23N3O8/c1-8(16-11(20)4-5-12(21)22)14(24)18-6-2-3-10(18)13(23)17-9(7-19)15(25)26/h8-10,19H,2-7H2,1H3,(H,16,20)(H,17,23)(H,21,22)(H,25,26)/t8-,9-,10-/m0/s1. The summed E-state index contributed by atoms with van der Waals surface area (Å²) in [4.78, 5) is 58.9. The molecule has 3 atom stereocenters. The van der Waals surface area contributed by atoms with Crippen LogP contribution in [-0.4, -0.2) is 81.2 Å². The van der Waals surface area contributed by atoms with E-state index < -0.39 is 54.4 Å². The van der Waals surface area contributed by atoms with Crippen LogP contribution in [0.1, 0.15) is 32.6 Å². The number of aliphatic hydroxyl groups excluding tert-OH is 1. The molecule has 1 fully saturated rings. The van der Waals surface area contributed by atoms with Gasteiger partial charge in [-0.1, -0.05) is 0 Å². The van der Waals surface area contributed by atoms with Gasteiger partial charge in [0.1, 0.15) is 18.1 Å². The normalized spacial score (nSPS) is 18.7. The van der Waals surface area contributed by atoms with Crippen molar-refractivity contribution >= 4 is 29.7 Å². The molecule has 0 aromatic carbocycles. The van der Waals surface area contributed by atoms with Crippen molar-refractivity contribution in [1.29, 1.82) is 0 Å². The Morgan fingerprint density at radius 1 is 1.12 bits per heavy atom. The summed E-state index contributed by atoms with van der Waals surface area (Å²) in [6, 6.07) is -3.32. The molecule has 11 heteroatoms. The number of likely N-dealkylation sites (tertiary alicyclic amines) is 1. The van der Waals surface area contributed by atoms with E-state index in [1.807, 2.05) is 0 Å². The summed E-state index contributed by atoms with van der Waals surface area (Å²) in [5, 5.41) is 30.9. The summed E-state index contributed by atoms with van der Waals surface area (Å²) in [6.07, 6.45) is 0.224. The molecule has 0 aliphatic carbocycles. The SMILES string of the molecule is C[C@H](NC(=O)CCC(=O)O)C(=O)N1CCC[C@H]1C(=O)N[C@@H](CO)C(=O)O. The summed E-state index contributed by atoms with van der Waals surface area (Å²) in [7, 11) is 0. The zero-order valence-corrected chi connectivity index (χ0v) is 14.3. The van der Waals surface area contributed by atoms with Gasteiger partial charge < -0.3 is 30.9 Å². The fourth-order valence-electron chi connectivity index (χ4n) is 2.60. The quantitative estimate of drug-likeness (QED) is 0.306. The zero-order chi connectivity index (χ0) is 19.9. The maximum atomic E-state index is 12.5. The number of carbonyl (C=O) groups is 5. The molecule has 0 bridgehead atoms. The summed E-state index contributed by atoms with van der Waals surface area (Å²) in [6.45, 7) is 0.906. The average molecular weight is 373 g/mol. The Hall–Kier alpha value is -2.69. The highest BCUT2D eigenvalue weighted by Gasteiger charge is 2.37. The molecule has 0 unspecified atom stereocenters. The molecule has 146 valence electrons. The molecule has 0 aromatic rings. The van der Waals surface area contributed by atoms with Gasteiger partial charge in [0, 0.05) is 13.0 Å². The fraction of sp³-hybridized carbons (Fsp3) is 0.667. The monoisotopic (exact) mass is 373 g/mol. The highest BCUT2D eigenvalue weighted by Crippen LogP contribution is 2.18. The van der Waals surface area contributed by atoms with Crippen LogP contribution in [0.5, 0.6) is 0 Å². The molecule has 0 saturated carbocycles. The average Bonchev–Trinajstić information content (AvgIpc) is 3.06. The van der Waals surface area contributed by atoms with E-state index in [-0.39, 0.29) is 19.4 Å². The number of aliphatic hydroxyl groups is 1. The predicted molar refractivity (Wildman–Crippen MR) is 85.9 cm³/mol. The summed E-state index contributed by atoms with van der Waals surface area (Å²) in [5.41, 5.74) is 0. The van der Waals surface area contributed by atoms with Crippen LogP contribution in [-0.2, 0) is 24.0 Å². The Bertz CT molecular complexity index is 579. The van der Waals surface area contributed by atoms with Crippen LogP contribution >= 0.6 is 0 Å². The van der Waals surface area contributed by atoms with E-state index in [2.05, 4.69) is 10.6 Å². The molecule has 1 aliphatic heterocycles. The Morgan fingerprint density at radius 2 is 1.77 bits per heavy atom. The maximum Gasteiger partial charge on any atom is 0.328 e. The van der Waals surface area contributed by atoms with Crippen LogP contribution in [0.3, 0.4) is 0 Å². The molecule has 3 amide bonds. The third-order valence-electron chi connectivity index (χ3n) is 3.95. The van der Waals surface area contributed by atoms with Crippen LogP contribution in [0.15, 0.2) is 0 Å². The van der Waals surface area contributed by atoms with Crippen molar-refractivity contribution < 1.29 is 39.3 Å². The van der Waals surface area contributed by atoms with E-state index in [9.17, 15) is 24.0 Å². The fourth-order valence-corrected chi connectivity index (χ4v) is 2.60. The number of amides is 3. The Labute approximate surface area is 149 Å². The van der Waals surface area contributed by atoms with Crippen molar-refractivity contribution in [2.24, 2.45) is 0 Å². The molecule has 1 saturated heterocycles. The van der Waals surface area contributed by atoms with Crippen LogP contribution in [0, 0.1) is 0 Å². The molecule has 1 heterocycles. The van der Waals surface area contributed by atoms with E-state index in [1.54, 1.807) is 0 Å². The van der Waals surface area contributed by atoms with Gasteiger partial charge in [0.2, 0.25) is 17.7 Å². The number of aliphatic carboxylic acids is 2. The molecule has 0 radical (unpaired) electrons. The smallest absolute Gasteiger partial charge is 0.328 e. The van der Waals surface area contributed by atoms with Crippen LogP contribution in [0.25, 0.3) is 0 Å². The Balaban J connectivity index is 2.66. The lowest BCUT2D eigenvalue weighted by Crippen LogP contribution is -2.55. The van der Waals surface area contributed by atoms with Crippen molar-refractivity contribution in [2.75, 3.05) is 13.2 Å². The first kappa shape index (κ1) is 21.4. The highest BCUT2D eigenvalue weighted by atomic mass is 16.4. The van der Waals surface area contributed by atoms with E-state index in [1.165, 1.54) is 11.8 Å². The van der Waals surface area contributed by atoms with E-state index in [0.29, 0.717) is 12.8 Å². The minimum absolute atomic E-state index is 0.267. The number of nitrogens with one attached hydrogen (secondary N) is 2. The first-order valence-electron chi connectivity index (χ1n) is 8.13. The van der Waals surface area contributed by atoms with Gasteiger partial charge in [-0.25, -0.2) is 4.79 Å². The number of carbonyl (C=O) groups excluding carboxylic acids is 3. The summed E-state index contributed by atoms with van der Waals surface area (Å²) < 4.78 is 0.